The quantitative estimate of drug-likeness (QED) is 0.763. The predicted octanol–water partition coefficient (Wildman–Crippen LogP) is 4.85. The van der Waals surface area contributed by atoms with E-state index in [1.807, 2.05) is 18.3 Å². The van der Waals surface area contributed by atoms with Crippen LogP contribution in [0.1, 0.15) is 50.4 Å². The molecule has 0 bridgehead atoms. The second kappa shape index (κ2) is 6.25. The molecule has 3 heteroatoms. The lowest BCUT2D eigenvalue weighted by atomic mass is 9.93. The predicted molar refractivity (Wildman–Crippen MR) is 80.8 cm³/mol. The first kappa shape index (κ1) is 14.1. The van der Waals surface area contributed by atoms with Gasteiger partial charge in [0, 0.05) is 28.9 Å². The highest BCUT2D eigenvalue weighted by atomic mass is 35.5. The normalized spacial score (nSPS) is 12.9. The van der Waals surface area contributed by atoms with Gasteiger partial charge >= 0.3 is 0 Å². The Labute approximate surface area is 120 Å². The maximum atomic E-state index is 5.93. The zero-order valence-electron chi connectivity index (χ0n) is 11.8. The Morgan fingerprint density at radius 3 is 2.42 bits per heavy atom. The van der Waals surface area contributed by atoms with E-state index in [0.29, 0.717) is 12.0 Å². The summed E-state index contributed by atoms with van der Waals surface area (Å²) in [6.07, 6.45) is 4.05. The molecule has 1 aromatic carbocycles. The molecule has 0 radical (unpaired) electrons. The number of aromatic nitrogens is 2. The van der Waals surface area contributed by atoms with Crippen LogP contribution in [-0.4, -0.2) is 9.78 Å². The molecule has 0 spiro atoms. The molecule has 0 unspecified atom stereocenters. The van der Waals surface area contributed by atoms with Gasteiger partial charge in [-0.3, -0.25) is 4.68 Å². The fourth-order valence-electron chi connectivity index (χ4n) is 2.44. The Balaban J connectivity index is 2.20. The van der Waals surface area contributed by atoms with Crippen LogP contribution < -0.4 is 0 Å². The van der Waals surface area contributed by atoms with E-state index in [0.717, 1.165) is 17.9 Å². The van der Waals surface area contributed by atoms with Crippen LogP contribution in [0.4, 0.5) is 0 Å². The first-order valence-electron chi connectivity index (χ1n) is 6.89. The largest absolute Gasteiger partial charge is 0.267 e. The summed E-state index contributed by atoms with van der Waals surface area (Å²) in [6, 6.07) is 10.7. The summed E-state index contributed by atoms with van der Waals surface area (Å²) in [5.41, 5.74) is 2.65. The molecule has 1 aromatic heterocycles. The van der Waals surface area contributed by atoms with Crippen molar-refractivity contribution in [3.63, 3.8) is 0 Å². The van der Waals surface area contributed by atoms with Crippen LogP contribution in [0, 0.1) is 0 Å². The van der Waals surface area contributed by atoms with Gasteiger partial charge in [-0.25, -0.2) is 0 Å². The Morgan fingerprint density at radius 2 is 1.84 bits per heavy atom. The average Bonchev–Trinajstić information content (AvgIpc) is 2.87. The molecular formula is C16H21ClN2. The zero-order valence-corrected chi connectivity index (χ0v) is 12.6. The molecule has 0 aliphatic carbocycles. The highest BCUT2D eigenvalue weighted by Gasteiger charge is 2.16. The van der Waals surface area contributed by atoms with Crippen molar-refractivity contribution in [2.45, 2.75) is 45.6 Å². The number of rotatable bonds is 5. The van der Waals surface area contributed by atoms with Crippen LogP contribution in [0.15, 0.2) is 36.5 Å². The third-order valence-electron chi connectivity index (χ3n) is 3.50. The van der Waals surface area contributed by atoms with Crippen molar-refractivity contribution in [2.24, 2.45) is 0 Å². The van der Waals surface area contributed by atoms with Crippen molar-refractivity contribution in [2.75, 3.05) is 0 Å². The van der Waals surface area contributed by atoms with Gasteiger partial charge in [-0.05, 0) is 50.5 Å². The first-order valence-corrected chi connectivity index (χ1v) is 7.27. The van der Waals surface area contributed by atoms with E-state index in [4.69, 9.17) is 11.6 Å². The highest BCUT2D eigenvalue weighted by molar-refractivity contribution is 6.30. The summed E-state index contributed by atoms with van der Waals surface area (Å²) >= 11 is 5.93. The van der Waals surface area contributed by atoms with Crippen molar-refractivity contribution < 1.29 is 0 Å². The number of nitrogens with zero attached hydrogens (tertiary/aromatic N) is 2. The van der Waals surface area contributed by atoms with Crippen molar-refractivity contribution in [3.8, 4) is 0 Å². The van der Waals surface area contributed by atoms with Gasteiger partial charge in [-0.15, -0.1) is 0 Å². The molecule has 0 fully saturated rings. The van der Waals surface area contributed by atoms with Crippen molar-refractivity contribution in [1.29, 1.82) is 0 Å². The van der Waals surface area contributed by atoms with Crippen LogP contribution in [0.5, 0.6) is 0 Å². The van der Waals surface area contributed by atoms with E-state index in [-0.39, 0.29) is 0 Å². The maximum Gasteiger partial charge on any atom is 0.0492 e. The first-order chi connectivity index (χ1) is 9.11. The van der Waals surface area contributed by atoms with E-state index >= 15 is 0 Å². The Kier molecular flexibility index (Phi) is 4.65. The third kappa shape index (κ3) is 3.38. The smallest absolute Gasteiger partial charge is 0.0492 e. The van der Waals surface area contributed by atoms with Gasteiger partial charge in [-0.1, -0.05) is 30.7 Å². The lowest BCUT2D eigenvalue weighted by molar-refractivity contribution is 0.477. The van der Waals surface area contributed by atoms with Gasteiger partial charge in [0.05, 0.1) is 0 Å². The van der Waals surface area contributed by atoms with E-state index < -0.39 is 0 Å². The molecule has 19 heavy (non-hydrogen) atoms. The SMILES string of the molecule is CC[C@H](Cc1ccc(Cl)cc1)c1ccnn1C(C)C. The molecule has 0 amide bonds. The molecule has 0 aliphatic heterocycles. The highest BCUT2D eigenvalue weighted by Crippen LogP contribution is 2.26. The van der Waals surface area contributed by atoms with Crippen LogP contribution in [0.3, 0.4) is 0 Å². The van der Waals surface area contributed by atoms with Crippen molar-refractivity contribution in [3.05, 3.63) is 52.8 Å². The molecule has 102 valence electrons. The lowest BCUT2D eigenvalue weighted by Crippen LogP contribution is -2.12. The molecule has 0 saturated heterocycles. The molecule has 2 rings (SSSR count). The van der Waals surface area contributed by atoms with Crippen molar-refractivity contribution >= 4 is 11.6 Å². The van der Waals surface area contributed by atoms with E-state index in [9.17, 15) is 0 Å². The molecule has 2 nitrogen and oxygen atoms in total. The fraction of sp³-hybridized carbons (Fsp3) is 0.438. The molecule has 0 N–H and O–H groups in total. The van der Waals surface area contributed by atoms with E-state index in [1.165, 1.54) is 11.3 Å². The average molecular weight is 277 g/mol. The standard InChI is InChI=1S/C16H21ClN2/c1-4-14(11-13-5-7-15(17)8-6-13)16-9-10-18-19(16)12(2)3/h5-10,12,14H,4,11H2,1-3H3/t14-/m1/s1. The van der Waals surface area contributed by atoms with Crippen LogP contribution in [-0.2, 0) is 6.42 Å². The molecule has 1 atom stereocenters. The molecule has 1 heterocycles. The molecular weight excluding hydrogens is 256 g/mol. The minimum absolute atomic E-state index is 0.407. The van der Waals surface area contributed by atoms with Crippen LogP contribution in [0.2, 0.25) is 5.02 Å². The lowest BCUT2D eigenvalue weighted by Gasteiger charge is -2.19. The summed E-state index contributed by atoms with van der Waals surface area (Å²) < 4.78 is 2.13. The molecule has 0 aliphatic rings. The zero-order chi connectivity index (χ0) is 13.8. The van der Waals surface area contributed by atoms with Gasteiger partial charge in [0.25, 0.3) is 0 Å². The number of hydrogen-bond donors (Lipinski definition) is 0. The molecule has 2 aromatic rings. The number of hydrogen-bond acceptors (Lipinski definition) is 1. The summed E-state index contributed by atoms with van der Waals surface area (Å²) in [7, 11) is 0. The van der Waals surface area contributed by atoms with Gasteiger partial charge in [-0.2, -0.15) is 5.10 Å². The van der Waals surface area contributed by atoms with Crippen LogP contribution >= 0.6 is 11.6 Å². The Hall–Kier alpha value is -1.28. The van der Waals surface area contributed by atoms with Gasteiger partial charge in [0.1, 0.15) is 0 Å². The van der Waals surface area contributed by atoms with Gasteiger partial charge < -0.3 is 0 Å². The fourth-order valence-corrected chi connectivity index (χ4v) is 2.57. The Bertz CT molecular complexity index is 514. The monoisotopic (exact) mass is 276 g/mol. The van der Waals surface area contributed by atoms with E-state index in [1.54, 1.807) is 0 Å². The van der Waals surface area contributed by atoms with Gasteiger partial charge in [0.2, 0.25) is 0 Å². The summed E-state index contributed by atoms with van der Waals surface area (Å²) in [6.45, 7) is 6.58. The second-order valence-electron chi connectivity index (χ2n) is 5.23. The van der Waals surface area contributed by atoms with E-state index in [2.05, 4.69) is 48.8 Å². The number of benzene rings is 1. The molecule has 0 saturated carbocycles. The second-order valence-corrected chi connectivity index (χ2v) is 5.67. The summed E-state index contributed by atoms with van der Waals surface area (Å²) in [5.74, 6) is 0.506. The topological polar surface area (TPSA) is 17.8 Å². The minimum Gasteiger partial charge on any atom is -0.267 e. The third-order valence-corrected chi connectivity index (χ3v) is 3.75. The minimum atomic E-state index is 0.407. The van der Waals surface area contributed by atoms with Crippen molar-refractivity contribution in [1.82, 2.24) is 9.78 Å². The summed E-state index contributed by atoms with van der Waals surface area (Å²) in [4.78, 5) is 0. The van der Waals surface area contributed by atoms with Gasteiger partial charge in [0.15, 0.2) is 0 Å². The Morgan fingerprint density at radius 1 is 1.16 bits per heavy atom. The number of halogens is 1. The summed E-state index contributed by atoms with van der Waals surface area (Å²) in [5, 5.41) is 5.23. The van der Waals surface area contributed by atoms with Crippen LogP contribution in [0.25, 0.3) is 0 Å². The maximum absolute atomic E-state index is 5.93.